The molecule has 2 rings (SSSR count). The van der Waals surface area contributed by atoms with E-state index in [1.165, 1.54) is 0 Å². The second kappa shape index (κ2) is 6.83. The van der Waals surface area contributed by atoms with Gasteiger partial charge in [-0.25, -0.2) is 4.79 Å². The minimum Gasteiger partial charge on any atom is -0.478 e. The number of nitrogens with two attached hydrogens (primary N) is 2. The van der Waals surface area contributed by atoms with Crippen LogP contribution in [0.15, 0.2) is 46.5 Å². The van der Waals surface area contributed by atoms with Gasteiger partial charge >= 0.3 is 5.97 Å². The van der Waals surface area contributed by atoms with Crippen molar-refractivity contribution in [1.29, 1.82) is 0 Å². The van der Waals surface area contributed by atoms with Crippen LogP contribution in [0.3, 0.4) is 0 Å². The Morgan fingerprint density at radius 2 is 2.12 bits per heavy atom. The Bertz CT molecular complexity index is 658. The lowest BCUT2D eigenvalue weighted by molar-refractivity contribution is -0.132. The summed E-state index contributed by atoms with van der Waals surface area (Å²) < 4.78 is 6.20. The molecular weight excluding hydrogens is 306 g/mol. The van der Waals surface area contributed by atoms with Crippen LogP contribution in [-0.2, 0) is 9.53 Å². The molecule has 0 aromatic carbocycles. The van der Waals surface area contributed by atoms with E-state index in [0.717, 1.165) is 5.70 Å². The van der Waals surface area contributed by atoms with Crippen LogP contribution >= 0.6 is 0 Å². The molecular formula is C18H27N3O3. The van der Waals surface area contributed by atoms with Crippen molar-refractivity contribution >= 4 is 5.97 Å². The lowest BCUT2D eigenvalue weighted by atomic mass is 9.80. The highest BCUT2D eigenvalue weighted by Crippen LogP contribution is 2.40. The third-order valence-corrected chi connectivity index (χ3v) is 4.69. The smallest absolute Gasteiger partial charge is 0.339 e. The van der Waals surface area contributed by atoms with Crippen molar-refractivity contribution in [2.75, 3.05) is 6.61 Å². The van der Waals surface area contributed by atoms with Gasteiger partial charge in [-0.05, 0) is 31.4 Å². The summed E-state index contributed by atoms with van der Waals surface area (Å²) in [5.74, 6) is -0.767. The van der Waals surface area contributed by atoms with Gasteiger partial charge in [-0.2, -0.15) is 0 Å². The maximum atomic E-state index is 11.6. The quantitative estimate of drug-likeness (QED) is 0.589. The van der Waals surface area contributed by atoms with Gasteiger partial charge in [0.1, 0.15) is 11.2 Å². The average Bonchev–Trinajstić information content (AvgIpc) is 2.51. The van der Waals surface area contributed by atoms with E-state index >= 15 is 0 Å². The molecule has 1 aliphatic carbocycles. The number of fused-ring (bicyclic) bond motifs is 1. The second-order valence-corrected chi connectivity index (χ2v) is 6.62. The molecule has 0 saturated carbocycles. The molecule has 2 unspecified atom stereocenters. The van der Waals surface area contributed by atoms with Crippen LogP contribution < -0.4 is 16.8 Å². The maximum Gasteiger partial charge on any atom is 0.339 e. The number of nitrogens with one attached hydrogen (secondary N) is 1. The molecule has 0 fully saturated rings. The monoisotopic (exact) mass is 333 g/mol. The molecule has 6 N–H and O–H groups in total. The predicted octanol–water partition coefficient (Wildman–Crippen LogP) is 1.76. The topological polar surface area (TPSA) is 111 Å². The third kappa shape index (κ3) is 3.12. The van der Waals surface area contributed by atoms with Crippen molar-refractivity contribution in [3.63, 3.8) is 0 Å². The van der Waals surface area contributed by atoms with Crippen LogP contribution in [0.2, 0.25) is 0 Å². The van der Waals surface area contributed by atoms with Gasteiger partial charge in [0.15, 0.2) is 0 Å². The van der Waals surface area contributed by atoms with E-state index < -0.39 is 11.6 Å². The number of rotatable bonds is 6. The zero-order valence-electron chi connectivity index (χ0n) is 14.7. The molecule has 132 valence electrons. The molecule has 0 radical (unpaired) electrons. The highest BCUT2D eigenvalue weighted by Gasteiger charge is 2.41. The highest BCUT2D eigenvalue weighted by atomic mass is 16.5. The minimum absolute atomic E-state index is 0.0898. The first-order chi connectivity index (χ1) is 11.2. The van der Waals surface area contributed by atoms with Gasteiger partial charge < -0.3 is 26.6 Å². The Hall–Kier alpha value is -2.05. The Morgan fingerprint density at radius 3 is 2.67 bits per heavy atom. The fourth-order valence-electron chi connectivity index (χ4n) is 2.99. The summed E-state index contributed by atoms with van der Waals surface area (Å²) in [5.41, 5.74) is 13.9. The van der Waals surface area contributed by atoms with Gasteiger partial charge in [0, 0.05) is 23.0 Å². The summed E-state index contributed by atoms with van der Waals surface area (Å²) >= 11 is 0. The number of hydrogen-bond donors (Lipinski definition) is 4. The zero-order chi connectivity index (χ0) is 18.1. The van der Waals surface area contributed by atoms with Crippen molar-refractivity contribution in [3.8, 4) is 0 Å². The molecule has 0 spiro atoms. The standard InChI is InChI=1S/C18H27N3O3/c1-5-18(24-9-12(19)10(2)3)8-6-7-13-15(18)16(20)14(17(22)23)11(4)21-13/h6-8,10,12,21H,5,9,19-20H2,1-4H3,(H,22,23). The number of aliphatic carboxylic acids is 1. The molecule has 0 aromatic rings. The summed E-state index contributed by atoms with van der Waals surface area (Å²) in [6.07, 6.45) is 6.33. The Balaban J connectivity index is 2.47. The molecule has 6 nitrogen and oxygen atoms in total. The summed E-state index contributed by atoms with van der Waals surface area (Å²) in [7, 11) is 0. The summed E-state index contributed by atoms with van der Waals surface area (Å²) in [6.45, 7) is 8.14. The lowest BCUT2D eigenvalue weighted by Gasteiger charge is -2.40. The van der Waals surface area contributed by atoms with Crippen molar-refractivity contribution in [2.24, 2.45) is 17.4 Å². The number of carbonyl (C=O) groups is 1. The number of ether oxygens (including phenoxy) is 1. The van der Waals surface area contributed by atoms with E-state index in [0.29, 0.717) is 24.3 Å². The number of carboxylic acids is 1. The molecule has 2 atom stereocenters. The molecule has 0 bridgehead atoms. The third-order valence-electron chi connectivity index (χ3n) is 4.69. The number of dihydropyridines is 1. The fraction of sp³-hybridized carbons (Fsp3) is 0.500. The average molecular weight is 333 g/mol. The van der Waals surface area contributed by atoms with Gasteiger partial charge in [-0.3, -0.25) is 0 Å². The summed E-state index contributed by atoms with van der Waals surface area (Å²) in [4.78, 5) is 11.6. The van der Waals surface area contributed by atoms with Crippen LogP contribution in [-0.4, -0.2) is 29.3 Å². The van der Waals surface area contributed by atoms with Crippen LogP contribution in [0.1, 0.15) is 34.1 Å². The Labute approximate surface area is 142 Å². The van der Waals surface area contributed by atoms with Gasteiger partial charge in [0.2, 0.25) is 0 Å². The second-order valence-electron chi connectivity index (χ2n) is 6.62. The molecule has 1 heterocycles. The van der Waals surface area contributed by atoms with Gasteiger partial charge in [0.25, 0.3) is 0 Å². The number of hydrogen-bond acceptors (Lipinski definition) is 5. The maximum absolute atomic E-state index is 11.6. The molecule has 2 aliphatic rings. The summed E-state index contributed by atoms with van der Waals surface area (Å²) in [6, 6.07) is -0.106. The van der Waals surface area contributed by atoms with Crippen LogP contribution in [0.5, 0.6) is 0 Å². The lowest BCUT2D eigenvalue weighted by Crippen LogP contribution is -2.45. The molecule has 0 aromatic heterocycles. The van der Waals surface area contributed by atoms with Gasteiger partial charge in [-0.15, -0.1) is 0 Å². The van der Waals surface area contributed by atoms with E-state index in [1.54, 1.807) is 6.92 Å². The number of carboxylic acid groups (broad SMARTS) is 1. The fourth-order valence-corrected chi connectivity index (χ4v) is 2.99. The molecule has 6 heteroatoms. The minimum atomic E-state index is -1.05. The van der Waals surface area contributed by atoms with Gasteiger partial charge in [0.05, 0.1) is 12.3 Å². The molecule has 0 amide bonds. The zero-order valence-corrected chi connectivity index (χ0v) is 14.7. The SMILES string of the molecule is CCC1(OCC(N)C(C)C)C=CC=C2NC(C)=C(C(=O)O)C(N)=C21. The van der Waals surface area contributed by atoms with E-state index in [-0.39, 0.29) is 23.2 Å². The Morgan fingerprint density at radius 1 is 1.46 bits per heavy atom. The van der Waals surface area contributed by atoms with Crippen LogP contribution in [0, 0.1) is 5.92 Å². The normalized spacial score (nSPS) is 24.7. The van der Waals surface area contributed by atoms with E-state index in [9.17, 15) is 9.90 Å². The van der Waals surface area contributed by atoms with E-state index in [4.69, 9.17) is 16.2 Å². The molecule has 1 aliphatic heterocycles. The Kier molecular flexibility index (Phi) is 5.20. The highest BCUT2D eigenvalue weighted by molar-refractivity contribution is 5.94. The molecule has 0 saturated heterocycles. The predicted molar refractivity (Wildman–Crippen MR) is 93.7 cm³/mol. The van der Waals surface area contributed by atoms with Crippen molar-refractivity contribution in [2.45, 2.75) is 45.8 Å². The van der Waals surface area contributed by atoms with Crippen molar-refractivity contribution in [1.82, 2.24) is 5.32 Å². The van der Waals surface area contributed by atoms with Crippen molar-refractivity contribution in [3.05, 3.63) is 46.5 Å². The van der Waals surface area contributed by atoms with Gasteiger partial charge in [-0.1, -0.05) is 26.8 Å². The first kappa shape index (κ1) is 18.3. The first-order valence-corrected chi connectivity index (χ1v) is 8.24. The van der Waals surface area contributed by atoms with E-state index in [2.05, 4.69) is 5.32 Å². The molecule has 24 heavy (non-hydrogen) atoms. The number of allylic oxidation sites excluding steroid dienone is 3. The largest absolute Gasteiger partial charge is 0.478 e. The first-order valence-electron chi connectivity index (χ1n) is 8.24. The van der Waals surface area contributed by atoms with Crippen LogP contribution in [0.25, 0.3) is 0 Å². The van der Waals surface area contributed by atoms with E-state index in [1.807, 2.05) is 39.0 Å². The van der Waals surface area contributed by atoms with Crippen molar-refractivity contribution < 1.29 is 14.6 Å². The van der Waals surface area contributed by atoms with Crippen LogP contribution in [0.4, 0.5) is 0 Å². The summed E-state index contributed by atoms with van der Waals surface area (Å²) in [5, 5.41) is 12.6.